The van der Waals surface area contributed by atoms with Crippen molar-refractivity contribution in [3.63, 3.8) is 0 Å². The summed E-state index contributed by atoms with van der Waals surface area (Å²) in [6.45, 7) is 10.7. The molecular weight excluding hydrogens is 427 g/mol. The molecule has 1 aliphatic heterocycles. The predicted octanol–water partition coefficient (Wildman–Crippen LogP) is 3.10. The van der Waals surface area contributed by atoms with Crippen molar-refractivity contribution in [1.29, 1.82) is 0 Å². The second-order valence-corrected chi connectivity index (χ2v) is 7.60. The van der Waals surface area contributed by atoms with Gasteiger partial charge in [-0.05, 0) is 70.4 Å². The van der Waals surface area contributed by atoms with E-state index in [-0.39, 0.29) is 24.0 Å². The second kappa shape index (κ2) is 13.1. The Bertz CT molecular complexity index is 364. The van der Waals surface area contributed by atoms with Crippen molar-refractivity contribution in [3.05, 3.63) is 0 Å². The van der Waals surface area contributed by atoms with E-state index in [0.29, 0.717) is 6.04 Å². The summed E-state index contributed by atoms with van der Waals surface area (Å²) in [4.78, 5) is 7.40. The van der Waals surface area contributed by atoms with Gasteiger partial charge in [0.15, 0.2) is 5.96 Å². The van der Waals surface area contributed by atoms with Gasteiger partial charge < -0.3 is 20.3 Å². The maximum absolute atomic E-state index is 5.18. The van der Waals surface area contributed by atoms with Crippen LogP contribution in [0.4, 0.5) is 0 Å². The third kappa shape index (κ3) is 8.91. The number of nitrogens with one attached hydrogen (secondary N) is 2. The van der Waals surface area contributed by atoms with Crippen molar-refractivity contribution in [2.45, 2.75) is 58.4 Å². The molecule has 0 spiro atoms. The topological polar surface area (TPSA) is 48.9 Å². The Balaban J connectivity index is 0.00000312. The summed E-state index contributed by atoms with van der Waals surface area (Å²) in [7, 11) is 1.78. The fourth-order valence-electron chi connectivity index (χ4n) is 3.75. The Morgan fingerprint density at radius 1 is 1.12 bits per heavy atom. The van der Waals surface area contributed by atoms with Gasteiger partial charge in [0.2, 0.25) is 0 Å². The SMILES string of the molecule is CCNC(=NCC1CCN(CCOC)CC1)NC1CCC(C)CC1.I. The molecule has 2 rings (SSSR count). The Hall–Kier alpha value is -0.0800. The highest BCUT2D eigenvalue weighted by Crippen LogP contribution is 2.23. The minimum Gasteiger partial charge on any atom is -0.383 e. The summed E-state index contributed by atoms with van der Waals surface area (Å²) in [6, 6.07) is 0.606. The molecule has 148 valence electrons. The van der Waals surface area contributed by atoms with E-state index in [0.717, 1.165) is 44.0 Å². The number of rotatable bonds is 7. The fraction of sp³-hybridized carbons (Fsp3) is 0.947. The molecule has 0 atom stereocenters. The highest BCUT2D eigenvalue weighted by atomic mass is 127. The number of piperidine rings is 1. The van der Waals surface area contributed by atoms with E-state index in [2.05, 4.69) is 29.4 Å². The van der Waals surface area contributed by atoms with Crippen LogP contribution >= 0.6 is 24.0 Å². The van der Waals surface area contributed by atoms with E-state index >= 15 is 0 Å². The minimum atomic E-state index is 0. The predicted molar refractivity (Wildman–Crippen MR) is 117 cm³/mol. The number of methoxy groups -OCH3 is 1. The van der Waals surface area contributed by atoms with Crippen molar-refractivity contribution < 1.29 is 4.74 Å². The summed E-state index contributed by atoms with van der Waals surface area (Å²) in [5, 5.41) is 7.09. The van der Waals surface area contributed by atoms with Crippen LogP contribution in [-0.4, -0.2) is 63.3 Å². The number of aliphatic imine (C=N–C) groups is 1. The van der Waals surface area contributed by atoms with Gasteiger partial charge in [0, 0.05) is 32.8 Å². The maximum Gasteiger partial charge on any atom is 0.191 e. The van der Waals surface area contributed by atoms with Gasteiger partial charge >= 0.3 is 0 Å². The van der Waals surface area contributed by atoms with Crippen molar-refractivity contribution >= 4 is 29.9 Å². The summed E-state index contributed by atoms with van der Waals surface area (Å²) < 4.78 is 5.18. The first-order chi connectivity index (χ1) is 11.7. The van der Waals surface area contributed by atoms with Crippen LogP contribution in [0.5, 0.6) is 0 Å². The lowest BCUT2D eigenvalue weighted by Crippen LogP contribution is -2.45. The van der Waals surface area contributed by atoms with E-state index < -0.39 is 0 Å². The Morgan fingerprint density at radius 2 is 1.80 bits per heavy atom. The molecule has 6 heteroatoms. The van der Waals surface area contributed by atoms with E-state index in [1.54, 1.807) is 7.11 Å². The summed E-state index contributed by atoms with van der Waals surface area (Å²) in [5.74, 6) is 2.65. The van der Waals surface area contributed by atoms with Crippen LogP contribution in [0.3, 0.4) is 0 Å². The lowest BCUT2D eigenvalue weighted by atomic mass is 9.87. The molecule has 1 saturated carbocycles. The molecule has 0 amide bonds. The second-order valence-electron chi connectivity index (χ2n) is 7.60. The van der Waals surface area contributed by atoms with Crippen LogP contribution < -0.4 is 10.6 Å². The van der Waals surface area contributed by atoms with Crippen molar-refractivity contribution in [3.8, 4) is 0 Å². The van der Waals surface area contributed by atoms with Crippen LogP contribution in [0.2, 0.25) is 0 Å². The Labute approximate surface area is 171 Å². The van der Waals surface area contributed by atoms with Crippen LogP contribution in [0.25, 0.3) is 0 Å². The van der Waals surface area contributed by atoms with E-state index in [1.165, 1.54) is 51.6 Å². The van der Waals surface area contributed by atoms with Gasteiger partial charge in [-0.15, -0.1) is 24.0 Å². The summed E-state index contributed by atoms with van der Waals surface area (Å²) >= 11 is 0. The normalized spacial score (nSPS) is 26.1. The molecular formula is C19H39IN4O. The third-order valence-electron chi connectivity index (χ3n) is 5.53. The van der Waals surface area contributed by atoms with Gasteiger partial charge in [-0.3, -0.25) is 4.99 Å². The number of halogens is 1. The Kier molecular flexibility index (Phi) is 12.1. The average molecular weight is 466 g/mol. The van der Waals surface area contributed by atoms with Crippen molar-refractivity contribution in [2.24, 2.45) is 16.8 Å². The van der Waals surface area contributed by atoms with E-state index in [1.807, 2.05) is 0 Å². The molecule has 5 nitrogen and oxygen atoms in total. The lowest BCUT2D eigenvalue weighted by Gasteiger charge is -2.31. The molecule has 0 radical (unpaired) electrons. The van der Waals surface area contributed by atoms with E-state index in [9.17, 15) is 0 Å². The molecule has 0 aromatic carbocycles. The molecule has 2 aliphatic rings. The molecule has 0 unspecified atom stereocenters. The number of nitrogens with zero attached hydrogens (tertiary/aromatic N) is 2. The first-order valence-electron chi connectivity index (χ1n) is 9.97. The number of hydrogen-bond donors (Lipinski definition) is 2. The van der Waals surface area contributed by atoms with Crippen LogP contribution in [0.1, 0.15) is 52.4 Å². The molecule has 0 aromatic rings. The molecule has 0 aromatic heterocycles. The Morgan fingerprint density at radius 3 is 2.40 bits per heavy atom. The molecule has 1 heterocycles. The van der Waals surface area contributed by atoms with Gasteiger partial charge in [0.05, 0.1) is 6.61 Å². The van der Waals surface area contributed by atoms with Crippen molar-refractivity contribution in [2.75, 3.05) is 46.4 Å². The fourth-order valence-corrected chi connectivity index (χ4v) is 3.75. The smallest absolute Gasteiger partial charge is 0.191 e. The molecule has 2 N–H and O–H groups in total. The maximum atomic E-state index is 5.18. The molecule has 25 heavy (non-hydrogen) atoms. The first-order valence-corrected chi connectivity index (χ1v) is 9.97. The summed E-state index contributed by atoms with van der Waals surface area (Å²) in [5.41, 5.74) is 0. The van der Waals surface area contributed by atoms with Crippen LogP contribution in [0.15, 0.2) is 4.99 Å². The van der Waals surface area contributed by atoms with Gasteiger partial charge in [0.1, 0.15) is 0 Å². The first kappa shape index (κ1) is 23.0. The van der Waals surface area contributed by atoms with Gasteiger partial charge in [0.25, 0.3) is 0 Å². The van der Waals surface area contributed by atoms with Crippen molar-refractivity contribution in [1.82, 2.24) is 15.5 Å². The monoisotopic (exact) mass is 466 g/mol. The average Bonchev–Trinajstić information content (AvgIpc) is 2.61. The number of guanidine groups is 1. The number of hydrogen-bond acceptors (Lipinski definition) is 3. The molecule has 2 fully saturated rings. The molecule has 1 saturated heterocycles. The van der Waals surface area contributed by atoms with Crippen LogP contribution in [0, 0.1) is 11.8 Å². The van der Waals surface area contributed by atoms with Gasteiger partial charge in [-0.25, -0.2) is 0 Å². The minimum absolute atomic E-state index is 0. The highest BCUT2D eigenvalue weighted by molar-refractivity contribution is 14.0. The third-order valence-corrected chi connectivity index (χ3v) is 5.53. The summed E-state index contributed by atoms with van der Waals surface area (Å²) in [6.07, 6.45) is 7.77. The van der Waals surface area contributed by atoms with Gasteiger partial charge in [-0.2, -0.15) is 0 Å². The lowest BCUT2D eigenvalue weighted by molar-refractivity contribution is 0.121. The van der Waals surface area contributed by atoms with Gasteiger partial charge in [-0.1, -0.05) is 6.92 Å². The molecule has 1 aliphatic carbocycles. The number of likely N-dealkylation sites (tertiary alicyclic amines) is 1. The zero-order valence-electron chi connectivity index (χ0n) is 16.4. The number of ether oxygens (including phenoxy) is 1. The zero-order valence-corrected chi connectivity index (χ0v) is 18.8. The van der Waals surface area contributed by atoms with E-state index in [4.69, 9.17) is 9.73 Å². The largest absolute Gasteiger partial charge is 0.383 e. The standard InChI is InChI=1S/C19H38N4O.HI/c1-4-20-19(22-18-7-5-16(2)6-8-18)21-15-17-9-11-23(12-10-17)13-14-24-3;/h16-18H,4-15H2,1-3H3,(H2,20,21,22);1H. The quantitative estimate of drug-likeness (QED) is 0.344. The zero-order chi connectivity index (χ0) is 17.2. The van der Waals surface area contributed by atoms with Crippen LogP contribution in [-0.2, 0) is 4.74 Å². The molecule has 0 bridgehead atoms. The highest BCUT2D eigenvalue weighted by Gasteiger charge is 2.20.